The number of thiazole rings is 1. The van der Waals surface area contributed by atoms with Crippen LogP contribution in [-0.2, 0) is 6.61 Å². The molecule has 152 valence electrons. The van der Waals surface area contributed by atoms with Crippen molar-refractivity contribution in [1.82, 2.24) is 9.88 Å². The van der Waals surface area contributed by atoms with Crippen molar-refractivity contribution in [3.8, 4) is 5.75 Å². The average Bonchev–Trinajstić information content (AvgIpc) is 3.45. The molecule has 1 aliphatic rings. The van der Waals surface area contributed by atoms with Crippen LogP contribution in [0.25, 0.3) is 10.2 Å². The zero-order valence-electron chi connectivity index (χ0n) is 16.5. The second kappa shape index (κ2) is 8.32. The third-order valence-electron chi connectivity index (χ3n) is 5.36. The summed E-state index contributed by atoms with van der Waals surface area (Å²) in [6.45, 7) is 1.01. The van der Waals surface area contributed by atoms with E-state index >= 15 is 0 Å². The van der Waals surface area contributed by atoms with E-state index in [1.165, 1.54) is 0 Å². The van der Waals surface area contributed by atoms with Gasteiger partial charge in [-0.3, -0.25) is 4.79 Å². The van der Waals surface area contributed by atoms with Crippen molar-refractivity contribution in [2.24, 2.45) is 0 Å². The topological polar surface area (TPSA) is 55.6 Å². The number of amides is 1. The number of nitrogens with zero attached hydrogens (tertiary/aromatic N) is 2. The van der Waals surface area contributed by atoms with Crippen LogP contribution in [0.1, 0.15) is 46.6 Å². The minimum absolute atomic E-state index is 0.00207. The lowest BCUT2D eigenvalue weighted by molar-refractivity contribution is 0.0575. The predicted molar refractivity (Wildman–Crippen MR) is 117 cm³/mol. The number of carbonyl (C=O) groups excluding carboxylic acids is 1. The van der Waals surface area contributed by atoms with Crippen LogP contribution in [0, 0.1) is 0 Å². The number of hydrogen-bond acceptors (Lipinski definition) is 5. The summed E-state index contributed by atoms with van der Waals surface area (Å²) in [7, 11) is 0. The maximum atomic E-state index is 13.3. The largest absolute Gasteiger partial charge is 0.486 e. The van der Waals surface area contributed by atoms with Crippen LogP contribution in [0.4, 0.5) is 0 Å². The molecule has 4 aromatic rings. The highest BCUT2D eigenvalue weighted by Gasteiger charge is 2.32. The number of ether oxygens (including phenoxy) is 1. The molecule has 3 heterocycles. The van der Waals surface area contributed by atoms with E-state index in [0.29, 0.717) is 18.1 Å². The first kappa shape index (κ1) is 18.9. The fourth-order valence-corrected chi connectivity index (χ4v) is 4.96. The van der Waals surface area contributed by atoms with Crippen molar-refractivity contribution in [2.75, 3.05) is 6.54 Å². The van der Waals surface area contributed by atoms with Crippen molar-refractivity contribution < 1.29 is 13.9 Å². The number of aromatic nitrogens is 1. The summed E-state index contributed by atoms with van der Waals surface area (Å²) in [6.07, 6.45) is 3.02. The Kier molecular flexibility index (Phi) is 5.24. The maximum absolute atomic E-state index is 13.3. The molecule has 2 aromatic carbocycles. The van der Waals surface area contributed by atoms with Crippen LogP contribution in [0.3, 0.4) is 0 Å². The van der Waals surface area contributed by atoms with Gasteiger partial charge in [-0.05, 0) is 55.7 Å². The molecule has 1 aliphatic heterocycles. The van der Waals surface area contributed by atoms with Crippen molar-refractivity contribution in [2.45, 2.75) is 31.9 Å². The third-order valence-corrected chi connectivity index (χ3v) is 6.49. The van der Waals surface area contributed by atoms with Crippen LogP contribution in [0.2, 0.25) is 0 Å². The highest BCUT2D eigenvalue weighted by Crippen LogP contribution is 2.36. The Hall–Kier alpha value is -3.12. The number of benzene rings is 2. The molecule has 2 aromatic heterocycles. The van der Waals surface area contributed by atoms with Crippen LogP contribution < -0.4 is 4.74 Å². The Balaban J connectivity index is 1.33. The number of hydrogen-bond donors (Lipinski definition) is 0. The van der Waals surface area contributed by atoms with Gasteiger partial charge in [0, 0.05) is 6.54 Å². The fourth-order valence-electron chi connectivity index (χ4n) is 3.85. The molecular weight excluding hydrogens is 396 g/mol. The van der Waals surface area contributed by atoms with Gasteiger partial charge in [-0.25, -0.2) is 4.98 Å². The van der Waals surface area contributed by atoms with Gasteiger partial charge < -0.3 is 14.1 Å². The lowest BCUT2D eigenvalue weighted by Gasteiger charge is -2.33. The monoisotopic (exact) mass is 418 g/mol. The first-order valence-corrected chi connectivity index (χ1v) is 11.0. The third kappa shape index (κ3) is 3.83. The van der Waals surface area contributed by atoms with Gasteiger partial charge in [-0.2, -0.15) is 0 Å². The zero-order chi connectivity index (χ0) is 20.3. The van der Waals surface area contributed by atoms with Gasteiger partial charge in [0.15, 0.2) is 5.76 Å². The molecule has 0 aliphatic carbocycles. The molecule has 0 bridgehead atoms. The number of para-hydroxylation sites is 2. The quantitative estimate of drug-likeness (QED) is 0.409. The molecule has 1 amide bonds. The molecule has 1 saturated heterocycles. The number of fused-ring (bicyclic) bond motifs is 1. The van der Waals surface area contributed by atoms with Crippen molar-refractivity contribution >= 4 is 27.5 Å². The highest BCUT2D eigenvalue weighted by atomic mass is 32.1. The average molecular weight is 419 g/mol. The van der Waals surface area contributed by atoms with E-state index in [4.69, 9.17) is 14.1 Å². The lowest BCUT2D eigenvalue weighted by Crippen LogP contribution is -2.38. The summed E-state index contributed by atoms with van der Waals surface area (Å²) in [5.74, 6) is 1.68. The van der Waals surface area contributed by atoms with E-state index in [1.54, 1.807) is 17.4 Å². The highest BCUT2D eigenvalue weighted by molar-refractivity contribution is 7.18. The standard InChI is InChI=1S/C24H22N2O3S/c27-24(21-14-13-18(29-21)16-28-17-8-2-1-3-9-17)26-15-7-6-11-20(26)23-25-19-10-4-5-12-22(19)30-23/h1-5,8-10,12-14,20H,6-7,11,15-16H2/t20-/m1/s1. The Morgan fingerprint density at radius 1 is 1.07 bits per heavy atom. The Morgan fingerprint density at radius 3 is 2.77 bits per heavy atom. The molecule has 1 atom stereocenters. The summed E-state index contributed by atoms with van der Waals surface area (Å²) >= 11 is 1.68. The summed E-state index contributed by atoms with van der Waals surface area (Å²) in [6, 6.07) is 21.3. The second-order valence-electron chi connectivity index (χ2n) is 7.40. The number of likely N-dealkylation sites (tertiary alicyclic amines) is 1. The first-order chi connectivity index (χ1) is 14.8. The molecule has 5 nitrogen and oxygen atoms in total. The predicted octanol–water partition coefficient (Wildman–Crippen LogP) is 5.84. The van der Waals surface area contributed by atoms with Crippen LogP contribution in [-0.4, -0.2) is 22.3 Å². The molecule has 6 heteroatoms. The van der Waals surface area contributed by atoms with Crippen LogP contribution in [0.5, 0.6) is 5.75 Å². The minimum Gasteiger partial charge on any atom is -0.486 e. The summed E-state index contributed by atoms with van der Waals surface area (Å²) in [5, 5.41) is 1.00. The van der Waals surface area contributed by atoms with E-state index in [0.717, 1.165) is 46.8 Å². The van der Waals surface area contributed by atoms with E-state index < -0.39 is 0 Å². The van der Waals surface area contributed by atoms with Gasteiger partial charge in [0.1, 0.15) is 23.1 Å². The number of rotatable bonds is 5. The molecular formula is C24H22N2O3S. The van der Waals surface area contributed by atoms with E-state index in [9.17, 15) is 4.79 Å². The van der Waals surface area contributed by atoms with Gasteiger partial charge in [0.05, 0.1) is 16.3 Å². The summed E-state index contributed by atoms with van der Waals surface area (Å²) in [5.41, 5.74) is 0.994. The van der Waals surface area contributed by atoms with Crippen molar-refractivity contribution in [3.05, 3.63) is 83.3 Å². The van der Waals surface area contributed by atoms with Gasteiger partial charge in [-0.1, -0.05) is 30.3 Å². The zero-order valence-corrected chi connectivity index (χ0v) is 17.3. The van der Waals surface area contributed by atoms with E-state index in [1.807, 2.05) is 59.5 Å². The van der Waals surface area contributed by atoms with Crippen LogP contribution in [0.15, 0.2) is 71.1 Å². The fraction of sp³-hybridized carbons (Fsp3) is 0.250. The van der Waals surface area contributed by atoms with E-state index in [-0.39, 0.29) is 11.9 Å². The molecule has 0 radical (unpaired) electrons. The van der Waals surface area contributed by atoms with Crippen LogP contribution >= 0.6 is 11.3 Å². The molecule has 5 rings (SSSR count). The minimum atomic E-state index is -0.0788. The SMILES string of the molecule is O=C(c1ccc(COc2ccccc2)o1)N1CCCC[C@@H]1c1nc2ccccc2s1. The van der Waals surface area contributed by atoms with Crippen molar-refractivity contribution in [3.63, 3.8) is 0 Å². The Morgan fingerprint density at radius 2 is 1.90 bits per heavy atom. The number of furan rings is 1. The number of carbonyl (C=O) groups is 1. The van der Waals surface area contributed by atoms with Gasteiger partial charge in [-0.15, -0.1) is 11.3 Å². The molecule has 0 N–H and O–H groups in total. The smallest absolute Gasteiger partial charge is 0.290 e. The summed E-state index contributed by atoms with van der Waals surface area (Å²) < 4.78 is 12.7. The lowest BCUT2D eigenvalue weighted by atomic mass is 10.0. The van der Waals surface area contributed by atoms with Crippen molar-refractivity contribution in [1.29, 1.82) is 0 Å². The van der Waals surface area contributed by atoms with Gasteiger partial charge in [0.25, 0.3) is 5.91 Å². The normalized spacial score (nSPS) is 16.7. The van der Waals surface area contributed by atoms with E-state index in [2.05, 4.69) is 6.07 Å². The molecule has 0 spiro atoms. The summed E-state index contributed by atoms with van der Waals surface area (Å²) in [4.78, 5) is 20.0. The number of piperidine rings is 1. The molecule has 0 saturated carbocycles. The van der Waals surface area contributed by atoms with Gasteiger partial charge >= 0.3 is 0 Å². The Bertz CT molecular complexity index is 1120. The second-order valence-corrected chi connectivity index (χ2v) is 8.46. The first-order valence-electron chi connectivity index (χ1n) is 10.2. The molecule has 0 unspecified atom stereocenters. The molecule has 30 heavy (non-hydrogen) atoms. The van der Waals surface area contributed by atoms with Gasteiger partial charge in [0.2, 0.25) is 0 Å². The molecule has 1 fully saturated rings. The maximum Gasteiger partial charge on any atom is 0.290 e. The Labute approximate surface area is 178 Å².